The van der Waals surface area contributed by atoms with E-state index in [1.807, 2.05) is 12.1 Å². The van der Waals surface area contributed by atoms with Gasteiger partial charge in [-0.1, -0.05) is 24.3 Å². The van der Waals surface area contributed by atoms with Crippen molar-refractivity contribution in [3.05, 3.63) is 35.4 Å². The highest BCUT2D eigenvalue weighted by Crippen LogP contribution is 2.41. The van der Waals surface area contributed by atoms with Crippen LogP contribution in [0.1, 0.15) is 42.7 Å². The summed E-state index contributed by atoms with van der Waals surface area (Å²) < 4.78 is 0. The molecule has 3 rings (SSSR count). The average Bonchev–Trinajstić information content (AvgIpc) is 3.24. The van der Waals surface area contributed by atoms with E-state index < -0.39 is 11.4 Å². The normalized spacial score (nSPS) is 28.0. The van der Waals surface area contributed by atoms with E-state index in [0.29, 0.717) is 6.54 Å². The van der Waals surface area contributed by atoms with Gasteiger partial charge in [-0.05, 0) is 49.3 Å². The first-order valence-corrected chi connectivity index (χ1v) is 6.77. The summed E-state index contributed by atoms with van der Waals surface area (Å²) in [6, 6.07) is 8.28. The van der Waals surface area contributed by atoms with Crippen LogP contribution in [0.5, 0.6) is 0 Å². The predicted molar refractivity (Wildman–Crippen MR) is 69.8 cm³/mol. The van der Waals surface area contributed by atoms with E-state index >= 15 is 0 Å². The quantitative estimate of drug-likeness (QED) is 0.859. The van der Waals surface area contributed by atoms with Gasteiger partial charge in [0.25, 0.3) is 0 Å². The molecule has 1 saturated carbocycles. The number of benzene rings is 1. The maximum atomic E-state index is 11.7. The van der Waals surface area contributed by atoms with Crippen LogP contribution < -0.4 is 5.32 Å². The highest BCUT2D eigenvalue weighted by atomic mass is 16.4. The molecule has 18 heavy (non-hydrogen) atoms. The number of hydrogen-bond donors (Lipinski definition) is 2. The molecule has 1 aromatic rings. The van der Waals surface area contributed by atoms with E-state index in [1.165, 1.54) is 18.4 Å². The molecule has 0 amide bonds. The van der Waals surface area contributed by atoms with Crippen LogP contribution >= 0.6 is 0 Å². The maximum Gasteiger partial charge on any atom is 0.315 e. The molecule has 0 radical (unpaired) electrons. The molecule has 2 aliphatic rings. The minimum Gasteiger partial charge on any atom is -0.481 e. The van der Waals surface area contributed by atoms with Crippen LogP contribution in [0.2, 0.25) is 0 Å². The first kappa shape index (κ1) is 11.7. The summed E-state index contributed by atoms with van der Waals surface area (Å²) in [5.41, 5.74) is 1.59. The molecule has 2 N–H and O–H groups in total. The lowest BCUT2D eigenvalue weighted by Crippen LogP contribution is -2.49. The second kappa shape index (κ2) is 4.39. The summed E-state index contributed by atoms with van der Waals surface area (Å²) in [7, 11) is 0. The van der Waals surface area contributed by atoms with Crippen molar-refractivity contribution >= 4 is 5.97 Å². The van der Waals surface area contributed by atoms with Crippen LogP contribution in [0.15, 0.2) is 24.3 Å². The van der Waals surface area contributed by atoms with E-state index in [0.717, 1.165) is 30.9 Å². The number of aliphatic carboxylic acids is 1. The van der Waals surface area contributed by atoms with Crippen LogP contribution in [0.3, 0.4) is 0 Å². The Bertz CT molecular complexity index is 442. The van der Waals surface area contributed by atoms with Crippen molar-refractivity contribution in [1.29, 1.82) is 0 Å². The number of carbonyl (C=O) groups is 1. The van der Waals surface area contributed by atoms with E-state index in [4.69, 9.17) is 0 Å². The Balaban J connectivity index is 1.91. The van der Waals surface area contributed by atoms with Gasteiger partial charge in [0.2, 0.25) is 0 Å². The third kappa shape index (κ3) is 1.93. The first-order chi connectivity index (χ1) is 8.72. The molecule has 0 bridgehead atoms. The molecule has 0 spiro atoms. The van der Waals surface area contributed by atoms with Gasteiger partial charge >= 0.3 is 5.97 Å². The zero-order valence-corrected chi connectivity index (χ0v) is 10.5. The van der Waals surface area contributed by atoms with Crippen molar-refractivity contribution in [2.24, 2.45) is 0 Å². The Labute approximate surface area is 107 Å². The molecule has 1 aliphatic heterocycles. The Morgan fingerprint density at radius 1 is 1.28 bits per heavy atom. The van der Waals surface area contributed by atoms with Gasteiger partial charge in [-0.2, -0.15) is 0 Å². The number of rotatable bonds is 3. The maximum absolute atomic E-state index is 11.7. The molecule has 1 heterocycles. The third-order valence-electron chi connectivity index (χ3n) is 4.31. The molecule has 1 aromatic carbocycles. The SMILES string of the molecule is O=C(O)C1(c2ccc(C3CC3)cc2)CCCNC1. The molecular formula is C15H19NO2. The van der Waals surface area contributed by atoms with Crippen LogP contribution in [0.4, 0.5) is 0 Å². The smallest absolute Gasteiger partial charge is 0.315 e. The molecule has 1 unspecified atom stereocenters. The van der Waals surface area contributed by atoms with Crippen molar-refractivity contribution in [3.63, 3.8) is 0 Å². The molecule has 96 valence electrons. The highest BCUT2D eigenvalue weighted by Gasteiger charge is 2.41. The van der Waals surface area contributed by atoms with Gasteiger partial charge in [0.15, 0.2) is 0 Å². The Hall–Kier alpha value is -1.35. The number of carboxylic acid groups (broad SMARTS) is 1. The number of hydrogen-bond acceptors (Lipinski definition) is 2. The lowest BCUT2D eigenvalue weighted by Gasteiger charge is -2.34. The summed E-state index contributed by atoms with van der Waals surface area (Å²) >= 11 is 0. The monoisotopic (exact) mass is 245 g/mol. The Morgan fingerprint density at radius 2 is 2.00 bits per heavy atom. The number of carboxylic acids is 1. The van der Waals surface area contributed by atoms with Gasteiger partial charge in [0.1, 0.15) is 5.41 Å². The van der Waals surface area contributed by atoms with Crippen molar-refractivity contribution in [2.75, 3.05) is 13.1 Å². The van der Waals surface area contributed by atoms with E-state index in [9.17, 15) is 9.90 Å². The second-order valence-electron chi connectivity index (χ2n) is 5.56. The zero-order valence-electron chi connectivity index (χ0n) is 10.5. The van der Waals surface area contributed by atoms with Crippen LogP contribution in [0.25, 0.3) is 0 Å². The largest absolute Gasteiger partial charge is 0.481 e. The standard InChI is InChI=1S/C15H19NO2/c17-14(18)15(8-1-9-16-10-15)13-6-4-12(5-7-13)11-2-3-11/h4-7,11,16H,1-3,8-10H2,(H,17,18). The third-order valence-corrected chi connectivity index (χ3v) is 4.31. The molecule has 2 fully saturated rings. The Morgan fingerprint density at radius 3 is 2.50 bits per heavy atom. The number of piperidine rings is 1. The van der Waals surface area contributed by atoms with E-state index in [2.05, 4.69) is 17.4 Å². The van der Waals surface area contributed by atoms with Gasteiger partial charge in [-0.3, -0.25) is 4.79 Å². The van der Waals surface area contributed by atoms with Gasteiger partial charge in [0, 0.05) is 6.54 Å². The van der Waals surface area contributed by atoms with Crippen molar-refractivity contribution in [3.8, 4) is 0 Å². The van der Waals surface area contributed by atoms with Crippen molar-refractivity contribution in [2.45, 2.75) is 37.0 Å². The topological polar surface area (TPSA) is 49.3 Å². The van der Waals surface area contributed by atoms with Crippen LogP contribution in [0, 0.1) is 0 Å². The van der Waals surface area contributed by atoms with Crippen molar-refractivity contribution < 1.29 is 9.90 Å². The molecule has 0 aromatic heterocycles. The second-order valence-corrected chi connectivity index (χ2v) is 5.56. The number of nitrogens with one attached hydrogen (secondary N) is 1. The summed E-state index contributed by atoms with van der Waals surface area (Å²) in [5.74, 6) is 0.0261. The Kier molecular flexibility index (Phi) is 2.86. The lowest BCUT2D eigenvalue weighted by molar-refractivity contribution is -0.144. The summed E-state index contributed by atoms with van der Waals surface area (Å²) in [6.07, 6.45) is 4.23. The fraction of sp³-hybridized carbons (Fsp3) is 0.533. The summed E-state index contributed by atoms with van der Waals surface area (Å²) in [4.78, 5) is 11.7. The lowest BCUT2D eigenvalue weighted by atomic mass is 9.74. The van der Waals surface area contributed by atoms with E-state index in [1.54, 1.807) is 0 Å². The van der Waals surface area contributed by atoms with E-state index in [-0.39, 0.29) is 0 Å². The molecular weight excluding hydrogens is 226 g/mol. The summed E-state index contributed by atoms with van der Waals surface area (Å²) in [6.45, 7) is 1.47. The fourth-order valence-electron chi connectivity index (χ4n) is 2.95. The van der Waals surface area contributed by atoms with Gasteiger partial charge in [-0.15, -0.1) is 0 Å². The van der Waals surface area contributed by atoms with Crippen molar-refractivity contribution in [1.82, 2.24) is 5.32 Å². The van der Waals surface area contributed by atoms with Crippen LogP contribution in [-0.4, -0.2) is 24.2 Å². The highest BCUT2D eigenvalue weighted by molar-refractivity contribution is 5.82. The molecule has 3 heteroatoms. The van der Waals surface area contributed by atoms with Gasteiger partial charge in [-0.25, -0.2) is 0 Å². The predicted octanol–water partition coefficient (Wildman–Crippen LogP) is 2.27. The zero-order chi connectivity index (χ0) is 12.6. The minimum absolute atomic E-state index is 0.547. The fourth-order valence-corrected chi connectivity index (χ4v) is 2.95. The molecule has 1 aliphatic carbocycles. The van der Waals surface area contributed by atoms with Crippen LogP contribution in [-0.2, 0) is 10.2 Å². The average molecular weight is 245 g/mol. The van der Waals surface area contributed by atoms with Gasteiger partial charge in [0.05, 0.1) is 0 Å². The molecule has 1 atom stereocenters. The molecule has 3 nitrogen and oxygen atoms in total. The minimum atomic E-state index is -0.722. The molecule has 1 saturated heterocycles. The summed E-state index contributed by atoms with van der Waals surface area (Å²) in [5, 5.41) is 12.8. The first-order valence-electron chi connectivity index (χ1n) is 6.77. The van der Waals surface area contributed by atoms with Gasteiger partial charge < -0.3 is 10.4 Å².